The monoisotopic (exact) mass is 498 g/mol. The highest BCUT2D eigenvalue weighted by atomic mass is 16.5. The van der Waals surface area contributed by atoms with Crippen LogP contribution in [-0.2, 0) is 4.74 Å². The van der Waals surface area contributed by atoms with Crippen LogP contribution in [0.25, 0.3) is 21.7 Å². The van der Waals surface area contributed by atoms with Gasteiger partial charge in [-0.2, -0.15) is 0 Å². The standard InChI is InChI=1S/C31H34N2O4/c34-31(33-16-19-35-20-17-33)30-22-27-28(7-3-8-29(27)37-30)36-18-4-13-32-14-11-24(12-15-32)26-10-9-23-5-1-2-6-25(23)21-26/h1-3,5-10,21-22,24H,4,11-20H2. The molecule has 0 bridgehead atoms. The number of ether oxygens (including phenoxy) is 2. The third-order valence-electron chi connectivity index (χ3n) is 7.74. The van der Waals surface area contributed by atoms with E-state index in [1.165, 1.54) is 29.2 Å². The first-order chi connectivity index (χ1) is 18.2. The van der Waals surface area contributed by atoms with Crippen LogP contribution in [0.15, 0.2) is 71.1 Å². The molecule has 0 unspecified atom stereocenters. The third-order valence-corrected chi connectivity index (χ3v) is 7.74. The summed E-state index contributed by atoms with van der Waals surface area (Å²) in [6.45, 7) is 6.26. The van der Waals surface area contributed by atoms with Gasteiger partial charge in [-0.1, -0.05) is 48.5 Å². The van der Waals surface area contributed by atoms with Crippen molar-refractivity contribution >= 4 is 27.6 Å². The largest absolute Gasteiger partial charge is 0.493 e. The number of amides is 1. The van der Waals surface area contributed by atoms with Gasteiger partial charge in [-0.3, -0.25) is 4.79 Å². The molecule has 0 spiro atoms. The number of hydrogen-bond acceptors (Lipinski definition) is 5. The molecule has 0 aliphatic carbocycles. The van der Waals surface area contributed by atoms with Gasteiger partial charge in [0.15, 0.2) is 5.76 Å². The fraction of sp³-hybridized carbons (Fsp3) is 0.387. The predicted octanol–water partition coefficient (Wildman–Crippen LogP) is 5.71. The van der Waals surface area contributed by atoms with E-state index in [4.69, 9.17) is 13.9 Å². The van der Waals surface area contributed by atoms with Gasteiger partial charge in [0.1, 0.15) is 11.3 Å². The average Bonchev–Trinajstić information content (AvgIpc) is 3.41. The summed E-state index contributed by atoms with van der Waals surface area (Å²) >= 11 is 0. The van der Waals surface area contributed by atoms with Crippen LogP contribution in [0.4, 0.5) is 0 Å². The predicted molar refractivity (Wildman–Crippen MR) is 145 cm³/mol. The van der Waals surface area contributed by atoms with Crippen molar-refractivity contribution in [2.45, 2.75) is 25.2 Å². The van der Waals surface area contributed by atoms with Crippen molar-refractivity contribution in [1.82, 2.24) is 9.80 Å². The Morgan fingerprint density at radius 1 is 0.892 bits per heavy atom. The Kier molecular flexibility index (Phi) is 7.11. The topological polar surface area (TPSA) is 55.2 Å². The first kappa shape index (κ1) is 24.0. The number of carbonyl (C=O) groups is 1. The molecule has 37 heavy (non-hydrogen) atoms. The van der Waals surface area contributed by atoms with Crippen LogP contribution in [-0.4, -0.2) is 68.3 Å². The van der Waals surface area contributed by atoms with Crippen molar-refractivity contribution < 1.29 is 18.7 Å². The van der Waals surface area contributed by atoms with E-state index in [9.17, 15) is 4.79 Å². The number of carbonyl (C=O) groups excluding carboxylic acids is 1. The Labute approximate surface area is 217 Å². The quantitative estimate of drug-likeness (QED) is 0.306. The normalized spacial score (nSPS) is 17.5. The van der Waals surface area contributed by atoms with Gasteiger partial charge in [0.2, 0.25) is 0 Å². The van der Waals surface area contributed by atoms with Gasteiger partial charge in [0.05, 0.1) is 25.2 Å². The van der Waals surface area contributed by atoms with E-state index in [1.54, 1.807) is 4.90 Å². The van der Waals surface area contributed by atoms with Gasteiger partial charge in [-0.25, -0.2) is 0 Å². The molecule has 3 heterocycles. The Balaban J connectivity index is 0.993. The lowest BCUT2D eigenvalue weighted by molar-refractivity contribution is 0.0284. The summed E-state index contributed by atoms with van der Waals surface area (Å²) in [7, 11) is 0. The molecular weight excluding hydrogens is 464 g/mol. The molecule has 4 aromatic rings. The van der Waals surface area contributed by atoms with Crippen LogP contribution in [0.1, 0.15) is 41.3 Å². The lowest BCUT2D eigenvalue weighted by Gasteiger charge is -2.32. The maximum atomic E-state index is 12.8. The van der Waals surface area contributed by atoms with Crippen LogP contribution in [0.5, 0.6) is 5.75 Å². The van der Waals surface area contributed by atoms with E-state index in [2.05, 4.69) is 47.4 Å². The van der Waals surface area contributed by atoms with Crippen molar-refractivity contribution in [2.75, 3.05) is 52.5 Å². The van der Waals surface area contributed by atoms with E-state index in [1.807, 2.05) is 24.3 Å². The number of likely N-dealkylation sites (tertiary alicyclic amines) is 1. The Hall–Kier alpha value is -3.35. The molecule has 0 saturated carbocycles. The summed E-state index contributed by atoms with van der Waals surface area (Å²) in [5, 5.41) is 3.51. The van der Waals surface area contributed by atoms with E-state index in [-0.39, 0.29) is 5.91 Å². The van der Waals surface area contributed by atoms with Crippen LogP contribution in [0, 0.1) is 0 Å². The molecule has 3 aromatic carbocycles. The highest BCUT2D eigenvalue weighted by molar-refractivity contribution is 5.97. The zero-order chi connectivity index (χ0) is 25.0. The van der Waals surface area contributed by atoms with Crippen molar-refractivity contribution in [2.24, 2.45) is 0 Å². The molecule has 2 aliphatic rings. The number of fused-ring (bicyclic) bond motifs is 2. The van der Waals surface area contributed by atoms with Gasteiger partial charge in [-0.15, -0.1) is 0 Å². The molecule has 1 aromatic heterocycles. The molecule has 6 rings (SSSR count). The Morgan fingerprint density at radius 3 is 2.54 bits per heavy atom. The highest BCUT2D eigenvalue weighted by Crippen LogP contribution is 2.31. The van der Waals surface area contributed by atoms with Gasteiger partial charge in [0.25, 0.3) is 5.91 Å². The van der Waals surface area contributed by atoms with Crippen molar-refractivity contribution in [1.29, 1.82) is 0 Å². The van der Waals surface area contributed by atoms with Crippen molar-refractivity contribution in [3.63, 3.8) is 0 Å². The van der Waals surface area contributed by atoms with Crippen molar-refractivity contribution in [3.8, 4) is 5.75 Å². The second-order valence-electron chi connectivity index (χ2n) is 10.1. The van der Waals surface area contributed by atoms with Gasteiger partial charge >= 0.3 is 0 Å². The zero-order valence-corrected chi connectivity index (χ0v) is 21.2. The first-order valence-corrected chi connectivity index (χ1v) is 13.5. The molecule has 1 amide bonds. The smallest absolute Gasteiger partial charge is 0.289 e. The molecule has 0 atom stereocenters. The minimum atomic E-state index is -0.0856. The van der Waals surface area contributed by atoms with E-state index in [0.29, 0.717) is 50.2 Å². The fourth-order valence-electron chi connectivity index (χ4n) is 5.61. The fourth-order valence-corrected chi connectivity index (χ4v) is 5.61. The van der Waals surface area contributed by atoms with Gasteiger partial charge in [-0.05, 0) is 66.7 Å². The summed E-state index contributed by atoms with van der Waals surface area (Å²) < 4.78 is 17.4. The minimum Gasteiger partial charge on any atom is -0.493 e. The third kappa shape index (κ3) is 5.36. The van der Waals surface area contributed by atoms with Crippen LogP contribution < -0.4 is 4.74 Å². The molecule has 192 valence electrons. The van der Waals surface area contributed by atoms with E-state index in [0.717, 1.165) is 37.2 Å². The highest BCUT2D eigenvalue weighted by Gasteiger charge is 2.23. The summed E-state index contributed by atoms with van der Waals surface area (Å²) in [5.74, 6) is 1.70. The summed E-state index contributed by atoms with van der Waals surface area (Å²) in [4.78, 5) is 17.2. The Morgan fingerprint density at radius 2 is 1.70 bits per heavy atom. The van der Waals surface area contributed by atoms with E-state index < -0.39 is 0 Å². The number of rotatable bonds is 7. The maximum absolute atomic E-state index is 12.8. The number of nitrogens with zero attached hydrogens (tertiary/aromatic N) is 2. The van der Waals surface area contributed by atoms with Gasteiger partial charge < -0.3 is 23.7 Å². The maximum Gasteiger partial charge on any atom is 0.289 e. The molecule has 0 radical (unpaired) electrons. The number of benzene rings is 3. The summed E-state index contributed by atoms with van der Waals surface area (Å²) in [6.07, 6.45) is 3.37. The van der Waals surface area contributed by atoms with E-state index >= 15 is 0 Å². The van der Waals surface area contributed by atoms with Gasteiger partial charge in [0, 0.05) is 25.7 Å². The molecule has 0 N–H and O–H groups in total. The summed E-state index contributed by atoms with van der Waals surface area (Å²) in [6, 6.07) is 23.1. The molecule has 6 heteroatoms. The molecule has 2 aliphatic heterocycles. The molecule has 2 fully saturated rings. The van der Waals surface area contributed by atoms with Crippen LogP contribution >= 0.6 is 0 Å². The average molecular weight is 499 g/mol. The number of hydrogen-bond donors (Lipinski definition) is 0. The molecule has 2 saturated heterocycles. The van der Waals surface area contributed by atoms with Crippen LogP contribution in [0.3, 0.4) is 0 Å². The van der Waals surface area contributed by atoms with Crippen LogP contribution in [0.2, 0.25) is 0 Å². The number of piperidine rings is 1. The number of morpholine rings is 1. The lowest BCUT2D eigenvalue weighted by Crippen LogP contribution is -2.40. The minimum absolute atomic E-state index is 0.0856. The summed E-state index contributed by atoms with van der Waals surface area (Å²) in [5.41, 5.74) is 2.16. The second kappa shape index (κ2) is 11.0. The van der Waals surface area contributed by atoms with Crippen molar-refractivity contribution in [3.05, 3.63) is 78.1 Å². The zero-order valence-electron chi connectivity index (χ0n) is 21.2. The number of furan rings is 1. The molecular formula is C31H34N2O4. The molecule has 6 nitrogen and oxygen atoms in total. The lowest BCUT2D eigenvalue weighted by atomic mass is 9.88. The SMILES string of the molecule is O=C(c1cc2c(OCCCN3CCC(c4ccc5ccccc5c4)CC3)cccc2o1)N1CCOCC1. The second-order valence-corrected chi connectivity index (χ2v) is 10.1. The Bertz CT molecular complexity index is 1370. The first-order valence-electron chi connectivity index (χ1n) is 13.5.